The molecule has 0 atom stereocenters. The maximum atomic E-state index is 10.7. The van der Waals surface area contributed by atoms with Crippen molar-refractivity contribution in [2.75, 3.05) is 28.2 Å². The molecule has 2 amide bonds. The van der Waals surface area contributed by atoms with E-state index in [9.17, 15) is 9.32 Å². The van der Waals surface area contributed by atoms with Crippen LogP contribution in [0.5, 0.6) is 0 Å². The van der Waals surface area contributed by atoms with Crippen molar-refractivity contribution >= 4 is 13.9 Å². The Morgan fingerprint density at radius 1 is 1.21 bits per heavy atom. The predicted molar refractivity (Wildman–Crippen MR) is 47.0 cm³/mol. The minimum Gasteiger partial charge on any atom is -0.331 e. The SMILES string of the molecule is CN(C)C(=O)N(C)C.O=P(O)(O)OF. The van der Waals surface area contributed by atoms with Crippen molar-refractivity contribution in [1.29, 1.82) is 0 Å². The first kappa shape index (κ1) is 15.8. The predicted octanol–water partition coefficient (Wildman–Crippen LogP) is 0.210. The van der Waals surface area contributed by atoms with E-state index in [1.807, 2.05) is 0 Å². The Hall–Kier alpha value is -0.690. The Bertz CT molecular complexity index is 206. The van der Waals surface area contributed by atoms with E-state index in [1.54, 1.807) is 28.2 Å². The van der Waals surface area contributed by atoms with Crippen LogP contribution in [0.15, 0.2) is 0 Å². The molecule has 2 N–H and O–H groups in total. The smallest absolute Gasteiger partial charge is 0.331 e. The van der Waals surface area contributed by atoms with Crippen LogP contribution in [0.3, 0.4) is 0 Å². The van der Waals surface area contributed by atoms with E-state index in [2.05, 4.69) is 4.73 Å². The summed E-state index contributed by atoms with van der Waals surface area (Å²) in [5.41, 5.74) is 0. The third-order valence-electron chi connectivity index (χ3n) is 0.855. The third kappa shape index (κ3) is 11.3. The number of amides is 2. The van der Waals surface area contributed by atoms with E-state index in [4.69, 9.17) is 14.4 Å². The number of hydrogen-bond donors (Lipinski definition) is 2. The minimum atomic E-state index is -4.81. The van der Waals surface area contributed by atoms with Crippen molar-refractivity contribution in [3.05, 3.63) is 0 Å². The first-order valence-electron chi connectivity index (χ1n) is 3.36. The Kier molecular flexibility index (Phi) is 7.57. The van der Waals surface area contributed by atoms with Gasteiger partial charge in [0.05, 0.1) is 0 Å². The second-order valence-electron chi connectivity index (χ2n) is 2.63. The van der Waals surface area contributed by atoms with Crippen molar-refractivity contribution in [3.63, 3.8) is 0 Å². The quantitative estimate of drug-likeness (QED) is 0.630. The molecule has 0 aliphatic rings. The normalized spacial score (nSPS) is 9.93. The van der Waals surface area contributed by atoms with Gasteiger partial charge in [0.15, 0.2) is 0 Å². The molecule has 0 aromatic carbocycles. The van der Waals surface area contributed by atoms with Crippen LogP contribution < -0.4 is 0 Å². The molecule has 0 unspecified atom stereocenters. The van der Waals surface area contributed by atoms with E-state index < -0.39 is 7.82 Å². The van der Waals surface area contributed by atoms with Crippen LogP contribution >= 0.6 is 7.82 Å². The molecule has 0 heterocycles. The molecule has 0 saturated carbocycles. The lowest BCUT2D eigenvalue weighted by atomic mass is 10.7. The monoisotopic (exact) mass is 232 g/mol. The van der Waals surface area contributed by atoms with E-state index in [-0.39, 0.29) is 6.03 Å². The molecular formula is C5H14FN2O5P. The molecule has 0 aromatic heterocycles. The van der Waals surface area contributed by atoms with E-state index in [0.717, 1.165) is 0 Å². The molecule has 0 radical (unpaired) electrons. The highest BCUT2D eigenvalue weighted by Crippen LogP contribution is 2.35. The third-order valence-corrected chi connectivity index (χ3v) is 1.03. The van der Waals surface area contributed by atoms with Crippen LogP contribution in [0.1, 0.15) is 0 Å². The lowest BCUT2D eigenvalue weighted by Crippen LogP contribution is -2.33. The molecule has 0 aliphatic carbocycles. The Labute approximate surface area is 81.2 Å². The Balaban J connectivity index is 0. The molecule has 0 saturated heterocycles. The average molecular weight is 232 g/mol. The summed E-state index contributed by atoms with van der Waals surface area (Å²) >= 11 is 0. The number of carbonyl (C=O) groups excluding carboxylic acids is 1. The molecule has 0 fully saturated rings. The molecule has 0 rings (SSSR count). The summed E-state index contributed by atoms with van der Waals surface area (Å²) < 4.78 is 21.4. The highest BCUT2D eigenvalue weighted by molar-refractivity contribution is 7.46. The second kappa shape index (κ2) is 6.72. The molecule has 0 spiro atoms. The van der Waals surface area contributed by atoms with Gasteiger partial charge in [-0.05, 0) is 4.53 Å². The van der Waals surface area contributed by atoms with Gasteiger partial charge in [0.2, 0.25) is 0 Å². The Morgan fingerprint density at radius 2 is 1.43 bits per heavy atom. The molecule has 9 heteroatoms. The molecule has 0 bridgehead atoms. The van der Waals surface area contributed by atoms with Crippen LogP contribution in [0.25, 0.3) is 0 Å². The van der Waals surface area contributed by atoms with Crippen molar-refractivity contribution in [2.24, 2.45) is 0 Å². The van der Waals surface area contributed by atoms with Gasteiger partial charge in [0, 0.05) is 28.2 Å². The van der Waals surface area contributed by atoms with E-state index in [0.29, 0.717) is 0 Å². The highest BCUT2D eigenvalue weighted by atomic mass is 31.2. The van der Waals surface area contributed by atoms with Crippen LogP contribution in [0.2, 0.25) is 0 Å². The standard InChI is InChI=1S/C5H12N2O.FH2O4P/c1-6(2)5(8)7(3)4;1-5-6(2,3)4/h1-4H3;(H2,2,3,4). The first-order valence-corrected chi connectivity index (χ1v) is 4.89. The van der Waals surface area contributed by atoms with Gasteiger partial charge in [-0.25, -0.2) is 9.36 Å². The highest BCUT2D eigenvalue weighted by Gasteiger charge is 2.12. The van der Waals surface area contributed by atoms with Gasteiger partial charge in [0.25, 0.3) is 0 Å². The summed E-state index contributed by atoms with van der Waals surface area (Å²) in [6.45, 7) is 0. The fourth-order valence-corrected chi connectivity index (χ4v) is 0.400. The largest absolute Gasteiger partial charge is 0.500 e. The molecule has 0 aliphatic heterocycles. The fourth-order valence-electron chi connectivity index (χ4n) is 0.400. The Morgan fingerprint density at radius 3 is 1.43 bits per heavy atom. The maximum absolute atomic E-state index is 10.7. The van der Waals surface area contributed by atoms with Gasteiger partial charge < -0.3 is 19.6 Å². The number of halogens is 1. The van der Waals surface area contributed by atoms with Crippen LogP contribution in [0, 0.1) is 0 Å². The lowest BCUT2D eigenvalue weighted by molar-refractivity contribution is -0.0389. The fraction of sp³-hybridized carbons (Fsp3) is 0.800. The number of carbonyl (C=O) groups is 1. The second-order valence-corrected chi connectivity index (χ2v) is 3.75. The molecular weight excluding hydrogens is 218 g/mol. The van der Waals surface area contributed by atoms with Crippen molar-refractivity contribution in [1.82, 2.24) is 9.80 Å². The number of nitrogens with zero attached hydrogens (tertiary/aromatic N) is 2. The van der Waals surface area contributed by atoms with Crippen molar-refractivity contribution in [3.8, 4) is 0 Å². The summed E-state index contributed by atoms with van der Waals surface area (Å²) in [5, 5.41) is 0. The van der Waals surface area contributed by atoms with Gasteiger partial charge in [-0.1, -0.05) is 4.73 Å². The first-order chi connectivity index (χ1) is 6.11. The van der Waals surface area contributed by atoms with Gasteiger partial charge in [-0.15, -0.1) is 0 Å². The van der Waals surface area contributed by atoms with Crippen molar-refractivity contribution in [2.45, 2.75) is 0 Å². The number of hydrogen-bond acceptors (Lipinski definition) is 3. The maximum Gasteiger partial charge on any atom is 0.500 e. The van der Waals surface area contributed by atoms with Crippen LogP contribution in [-0.2, 0) is 9.29 Å². The van der Waals surface area contributed by atoms with Crippen LogP contribution in [0.4, 0.5) is 9.32 Å². The zero-order valence-corrected chi connectivity index (χ0v) is 9.23. The summed E-state index contributed by atoms with van der Waals surface area (Å²) in [7, 11) is 2.08. The molecule has 7 nitrogen and oxygen atoms in total. The number of urea groups is 1. The van der Waals surface area contributed by atoms with E-state index >= 15 is 0 Å². The summed E-state index contributed by atoms with van der Waals surface area (Å²) in [4.78, 5) is 28.4. The summed E-state index contributed by atoms with van der Waals surface area (Å²) in [6.07, 6.45) is 0. The molecule has 0 aromatic rings. The van der Waals surface area contributed by atoms with Crippen LogP contribution in [-0.4, -0.2) is 53.8 Å². The zero-order valence-electron chi connectivity index (χ0n) is 8.34. The lowest BCUT2D eigenvalue weighted by Gasteiger charge is -2.16. The zero-order chi connectivity index (χ0) is 11.9. The van der Waals surface area contributed by atoms with Gasteiger partial charge in [-0.2, -0.15) is 0 Å². The molecule has 86 valence electrons. The topological polar surface area (TPSA) is 90.3 Å². The van der Waals surface area contributed by atoms with Gasteiger partial charge in [0.1, 0.15) is 0 Å². The molecule has 14 heavy (non-hydrogen) atoms. The number of rotatable bonds is 1. The van der Waals surface area contributed by atoms with Crippen molar-refractivity contribution < 1.29 is 28.4 Å². The summed E-state index contributed by atoms with van der Waals surface area (Å²) in [6, 6.07) is 0.0185. The summed E-state index contributed by atoms with van der Waals surface area (Å²) in [5.74, 6) is 0. The van der Waals surface area contributed by atoms with Gasteiger partial charge in [-0.3, -0.25) is 0 Å². The average Bonchev–Trinajstić information content (AvgIpc) is 2.02. The van der Waals surface area contributed by atoms with Gasteiger partial charge >= 0.3 is 13.9 Å². The minimum absolute atomic E-state index is 0.0185. The number of phosphoric acid groups is 1. The van der Waals surface area contributed by atoms with E-state index in [1.165, 1.54) is 9.80 Å².